The van der Waals surface area contributed by atoms with Gasteiger partial charge in [-0.05, 0) is 49.4 Å². The SMILES string of the molecule is CC1CCC(CN)C(S(=O)(=O)c2cc(Cl)ccc2Cl)C1. The molecule has 112 valence electrons. The van der Waals surface area contributed by atoms with Gasteiger partial charge in [-0.25, -0.2) is 8.42 Å². The lowest BCUT2D eigenvalue weighted by Gasteiger charge is -2.34. The third-order valence-electron chi connectivity index (χ3n) is 4.09. The topological polar surface area (TPSA) is 60.2 Å². The fourth-order valence-corrected chi connectivity index (χ4v) is 5.87. The Balaban J connectivity index is 2.44. The van der Waals surface area contributed by atoms with Gasteiger partial charge in [-0.1, -0.05) is 36.5 Å². The summed E-state index contributed by atoms with van der Waals surface area (Å²) in [5, 5.41) is 0.136. The van der Waals surface area contributed by atoms with Crippen LogP contribution in [0, 0.1) is 11.8 Å². The van der Waals surface area contributed by atoms with Gasteiger partial charge < -0.3 is 5.73 Å². The second-order valence-electron chi connectivity index (χ2n) is 5.57. The Morgan fingerprint density at radius 1 is 1.30 bits per heavy atom. The summed E-state index contributed by atoms with van der Waals surface area (Å²) in [5.41, 5.74) is 5.76. The van der Waals surface area contributed by atoms with Crippen LogP contribution in [-0.4, -0.2) is 20.2 Å². The van der Waals surface area contributed by atoms with Crippen molar-refractivity contribution < 1.29 is 8.42 Å². The van der Waals surface area contributed by atoms with Crippen molar-refractivity contribution in [2.45, 2.75) is 36.3 Å². The molecular weight excluding hydrogens is 317 g/mol. The number of hydrogen-bond donors (Lipinski definition) is 1. The lowest BCUT2D eigenvalue weighted by atomic mass is 9.82. The van der Waals surface area contributed by atoms with Gasteiger partial charge in [-0.3, -0.25) is 0 Å². The Kier molecular flexibility index (Phi) is 5.00. The Morgan fingerprint density at radius 3 is 2.65 bits per heavy atom. The van der Waals surface area contributed by atoms with Crippen LogP contribution in [0.2, 0.25) is 10.0 Å². The van der Waals surface area contributed by atoms with Crippen LogP contribution < -0.4 is 5.73 Å². The largest absolute Gasteiger partial charge is 0.330 e. The number of nitrogens with two attached hydrogens (primary N) is 1. The lowest BCUT2D eigenvalue weighted by molar-refractivity contribution is 0.296. The predicted molar refractivity (Wildman–Crippen MR) is 83.0 cm³/mol. The maximum Gasteiger partial charge on any atom is 0.183 e. The van der Waals surface area contributed by atoms with E-state index >= 15 is 0 Å². The minimum absolute atomic E-state index is 0.00810. The van der Waals surface area contributed by atoms with Gasteiger partial charge in [0.15, 0.2) is 9.84 Å². The Bertz CT molecular complexity index is 589. The molecule has 2 N–H and O–H groups in total. The smallest absolute Gasteiger partial charge is 0.183 e. The maximum absolute atomic E-state index is 12.9. The van der Waals surface area contributed by atoms with Crippen LogP contribution in [0.4, 0.5) is 0 Å². The zero-order chi connectivity index (χ0) is 14.9. The monoisotopic (exact) mass is 335 g/mol. The second-order valence-corrected chi connectivity index (χ2v) is 8.55. The molecule has 1 aromatic carbocycles. The summed E-state index contributed by atoms with van der Waals surface area (Å²) in [6.07, 6.45) is 2.50. The zero-order valence-corrected chi connectivity index (χ0v) is 13.7. The third-order valence-corrected chi connectivity index (χ3v) is 7.09. The Hall–Kier alpha value is -0.290. The number of benzene rings is 1. The number of hydrogen-bond acceptors (Lipinski definition) is 3. The first kappa shape index (κ1) is 16.1. The molecule has 1 fully saturated rings. The summed E-state index contributed by atoms with van der Waals surface area (Å²) in [4.78, 5) is 0.129. The van der Waals surface area contributed by atoms with E-state index < -0.39 is 15.1 Å². The van der Waals surface area contributed by atoms with Crippen molar-refractivity contribution in [1.29, 1.82) is 0 Å². The molecule has 0 amide bonds. The van der Waals surface area contributed by atoms with E-state index in [4.69, 9.17) is 28.9 Å². The first-order chi connectivity index (χ1) is 9.36. The van der Waals surface area contributed by atoms with E-state index in [1.807, 2.05) is 0 Å². The molecule has 0 bridgehead atoms. The van der Waals surface area contributed by atoms with Crippen LogP contribution >= 0.6 is 23.2 Å². The van der Waals surface area contributed by atoms with E-state index in [2.05, 4.69) is 6.92 Å². The van der Waals surface area contributed by atoms with Crippen LogP contribution in [0.3, 0.4) is 0 Å². The predicted octanol–water partition coefficient (Wildman–Crippen LogP) is 3.53. The number of rotatable bonds is 3. The van der Waals surface area contributed by atoms with Crippen LogP contribution in [0.5, 0.6) is 0 Å². The summed E-state index contributed by atoms with van der Waals surface area (Å²) in [6.45, 7) is 2.46. The average molecular weight is 336 g/mol. The molecule has 20 heavy (non-hydrogen) atoms. The minimum Gasteiger partial charge on any atom is -0.330 e. The quantitative estimate of drug-likeness (QED) is 0.918. The highest BCUT2D eigenvalue weighted by Gasteiger charge is 2.38. The van der Waals surface area contributed by atoms with E-state index in [0.717, 1.165) is 12.8 Å². The lowest BCUT2D eigenvalue weighted by Crippen LogP contribution is -2.39. The van der Waals surface area contributed by atoms with Gasteiger partial charge in [-0.2, -0.15) is 0 Å². The molecule has 0 spiro atoms. The fourth-order valence-electron chi connectivity index (χ4n) is 2.90. The van der Waals surface area contributed by atoms with Crippen molar-refractivity contribution in [3.05, 3.63) is 28.2 Å². The standard InChI is InChI=1S/C14H19Cl2NO2S/c1-9-2-3-10(8-17)13(6-9)20(18,19)14-7-11(15)4-5-12(14)16/h4-5,7,9-10,13H,2-3,6,8,17H2,1H3. The molecular formula is C14H19Cl2NO2S. The number of sulfone groups is 1. The van der Waals surface area contributed by atoms with E-state index in [1.165, 1.54) is 12.1 Å². The summed E-state index contributed by atoms with van der Waals surface area (Å²) >= 11 is 12.0. The van der Waals surface area contributed by atoms with Gasteiger partial charge in [0.2, 0.25) is 0 Å². The molecule has 3 atom stereocenters. The van der Waals surface area contributed by atoms with Gasteiger partial charge in [0.25, 0.3) is 0 Å². The molecule has 1 aliphatic rings. The minimum atomic E-state index is -3.51. The zero-order valence-electron chi connectivity index (χ0n) is 11.4. The molecule has 2 rings (SSSR count). The van der Waals surface area contributed by atoms with Gasteiger partial charge in [-0.15, -0.1) is 0 Å². The molecule has 1 aliphatic carbocycles. The first-order valence-electron chi connectivity index (χ1n) is 6.75. The van der Waals surface area contributed by atoms with E-state index in [-0.39, 0.29) is 15.8 Å². The summed E-state index contributed by atoms with van der Waals surface area (Å²) < 4.78 is 25.8. The molecule has 0 aromatic heterocycles. The van der Waals surface area contributed by atoms with Crippen molar-refractivity contribution in [3.8, 4) is 0 Å². The third kappa shape index (κ3) is 3.14. The van der Waals surface area contributed by atoms with Crippen molar-refractivity contribution in [2.75, 3.05) is 6.54 Å². The van der Waals surface area contributed by atoms with Gasteiger partial charge in [0, 0.05) is 5.02 Å². The molecule has 0 aliphatic heterocycles. The van der Waals surface area contributed by atoms with Crippen molar-refractivity contribution >= 4 is 33.0 Å². The van der Waals surface area contributed by atoms with E-state index in [0.29, 0.717) is 23.9 Å². The average Bonchev–Trinajstić information content (AvgIpc) is 2.41. The summed E-state index contributed by atoms with van der Waals surface area (Å²) in [5.74, 6) is 0.377. The normalized spacial score (nSPS) is 27.5. The highest BCUT2D eigenvalue weighted by Crippen LogP contribution is 2.38. The second kappa shape index (κ2) is 6.22. The van der Waals surface area contributed by atoms with Gasteiger partial charge in [0.05, 0.1) is 15.2 Å². The van der Waals surface area contributed by atoms with Crippen molar-refractivity contribution in [2.24, 2.45) is 17.6 Å². The fraction of sp³-hybridized carbons (Fsp3) is 0.571. The number of halogens is 2. The Morgan fingerprint density at radius 2 is 2.00 bits per heavy atom. The first-order valence-corrected chi connectivity index (χ1v) is 9.05. The van der Waals surface area contributed by atoms with Crippen molar-refractivity contribution in [3.63, 3.8) is 0 Å². The highest BCUT2D eigenvalue weighted by molar-refractivity contribution is 7.92. The van der Waals surface area contributed by atoms with Crippen LogP contribution in [-0.2, 0) is 9.84 Å². The van der Waals surface area contributed by atoms with E-state index in [1.54, 1.807) is 6.07 Å². The molecule has 0 radical (unpaired) electrons. The van der Waals surface area contributed by atoms with Gasteiger partial charge >= 0.3 is 0 Å². The molecule has 0 saturated heterocycles. The molecule has 3 nitrogen and oxygen atoms in total. The molecule has 6 heteroatoms. The van der Waals surface area contributed by atoms with E-state index in [9.17, 15) is 8.42 Å². The van der Waals surface area contributed by atoms with Crippen LogP contribution in [0.15, 0.2) is 23.1 Å². The van der Waals surface area contributed by atoms with Crippen LogP contribution in [0.25, 0.3) is 0 Å². The molecule has 0 heterocycles. The molecule has 1 aromatic rings. The molecule has 3 unspecified atom stereocenters. The summed E-state index contributed by atoms with van der Waals surface area (Å²) in [6, 6.07) is 4.55. The maximum atomic E-state index is 12.9. The van der Waals surface area contributed by atoms with Gasteiger partial charge in [0.1, 0.15) is 0 Å². The Labute approximate surface area is 130 Å². The summed E-state index contributed by atoms with van der Waals surface area (Å²) in [7, 11) is -3.51. The van der Waals surface area contributed by atoms with Crippen LogP contribution in [0.1, 0.15) is 26.2 Å². The van der Waals surface area contributed by atoms with Crippen molar-refractivity contribution in [1.82, 2.24) is 0 Å². The highest BCUT2D eigenvalue weighted by atomic mass is 35.5. The molecule has 1 saturated carbocycles.